The maximum Gasteiger partial charge on any atom is 0.248 e. The lowest BCUT2D eigenvalue weighted by Crippen LogP contribution is -2.34. The molecule has 4 heteroatoms. The maximum atomic E-state index is 11.8. The number of ether oxygens (including phenoxy) is 1. The van der Waals surface area contributed by atoms with E-state index in [1.807, 2.05) is 33.9 Å². The zero-order valence-corrected chi connectivity index (χ0v) is 11.8. The van der Waals surface area contributed by atoms with Gasteiger partial charge < -0.3 is 9.64 Å². The molecule has 0 radical (unpaired) electrons. The highest BCUT2D eigenvalue weighted by Gasteiger charge is 2.15. The second-order valence-electron chi connectivity index (χ2n) is 5.05. The quantitative estimate of drug-likeness (QED) is 0.809. The van der Waals surface area contributed by atoms with Crippen molar-refractivity contribution in [3.05, 3.63) is 22.4 Å². The highest BCUT2D eigenvalue weighted by molar-refractivity contribution is 7.09. The standard InChI is InChI=1S/C13H21NO2S/c1-13(2,3)16-10-12(15)14(4)8-7-11-6-5-9-17-11/h5-6,9H,7-8,10H2,1-4H3. The first-order chi connectivity index (χ1) is 7.88. The molecule has 96 valence electrons. The Kier molecular flexibility index (Phi) is 5.15. The van der Waals surface area contributed by atoms with Gasteiger partial charge in [-0.2, -0.15) is 0 Å². The molecule has 17 heavy (non-hydrogen) atoms. The Balaban J connectivity index is 2.27. The fraction of sp³-hybridized carbons (Fsp3) is 0.615. The van der Waals surface area contributed by atoms with Gasteiger partial charge in [0.25, 0.3) is 0 Å². The zero-order chi connectivity index (χ0) is 12.9. The Morgan fingerprint density at radius 2 is 2.18 bits per heavy atom. The lowest BCUT2D eigenvalue weighted by molar-refractivity contribution is -0.139. The van der Waals surface area contributed by atoms with E-state index in [1.54, 1.807) is 16.2 Å². The second-order valence-corrected chi connectivity index (χ2v) is 6.08. The Bertz CT molecular complexity index is 341. The Labute approximate surface area is 107 Å². The van der Waals surface area contributed by atoms with E-state index in [2.05, 4.69) is 11.4 Å². The largest absolute Gasteiger partial charge is 0.366 e. The summed E-state index contributed by atoms with van der Waals surface area (Å²) in [5, 5.41) is 2.06. The molecule has 0 aliphatic carbocycles. The first kappa shape index (κ1) is 14.2. The van der Waals surface area contributed by atoms with Gasteiger partial charge in [-0.05, 0) is 38.6 Å². The van der Waals surface area contributed by atoms with Gasteiger partial charge in [-0.15, -0.1) is 11.3 Å². The van der Waals surface area contributed by atoms with E-state index >= 15 is 0 Å². The van der Waals surface area contributed by atoms with Gasteiger partial charge in [-0.25, -0.2) is 0 Å². The molecular formula is C13H21NO2S. The lowest BCUT2D eigenvalue weighted by Gasteiger charge is -2.22. The maximum absolute atomic E-state index is 11.8. The van der Waals surface area contributed by atoms with Crippen molar-refractivity contribution in [3.63, 3.8) is 0 Å². The number of likely N-dealkylation sites (N-methyl/N-ethyl adjacent to an activating group) is 1. The van der Waals surface area contributed by atoms with Crippen LogP contribution in [0.4, 0.5) is 0 Å². The number of rotatable bonds is 5. The normalized spacial score (nSPS) is 11.5. The van der Waals surface area contributed by atoms with E-state index in [9.17, 15) is 4.79 Å². The third-order valence-electron chi connectivity index (χ3n) is 2.33. The molecule has 0 spiro atoms. The number of nitrogens with zero attached hydrogens (tertiary/aromatic N) is 1. The highest BCUT2D eigenvalue weighted by atomic mass is 32.1. The Morgan fingerprint density at radius 3 is 2.71 bits per heavy atom. The van der Waals surface area contributed by atoms with E-state index in [1.165, 1.54) is 4.88 Å². The Morgan fingerprint density at radius 1 is 1.47 bits per heavy atom. The van der Waals surface area contributed by atoms with E-state index < -0.39 is 0 Å². The van der Waals surface area contributed by atoms with Crippen LogP contribution in [0.2, 0.25) is 0 Å². The fourth-order valence-corrected chi connectivity index (χ4v) is 1.94. The summed E-state index contributed by atoms with van der Waals surface area (Å²) in [7, 11) is 1.82. The zero-order valence-electron chi connectivity index (χ0n) is 11.0. The molecule has 1 rings (SSSR count). The number of thiophene rings is 1. The van der Waals surface area contributed by atoms with E-state index in [0.29, 0.717) is 0 Å². The SMILES string of the molecule is CN(CCc1cccs1)C(=O)COC(C)(C)C. The third kappa shape index (κ3) is 5.84. The van der Waals surface area contributed by atoms with Crippen LogP contribution in [-0.4, -0.2) is 36.6 Å². The molecule has 1 amide bonds. The van der Waals surface area contributed by atoms with Crippen molar-refractivity contribution in [2.75, 3.05) is 20.2 Å². The van der Waals surface area contributed by atoms with Gasteiger partial charge in [0.15, 0.2) is 0 Å². The van der Waals surface area contributed by atoms with Crippen molar-refractivity contribution in [3.8, 4) is 0 Å². The van der Waals surface area contributed by atoms with Gasteiger partial charge in [-0.1, -0.05) is 6.07 Å². The molecule has 0 saturated heterocycles. The van der Waals surface area contributed by atoms with Crippen molar-refractivity contribution >= 4 is 17.2 Å². The molecule has 0 N–H and O–H groups in total. The van der Waals surface area contributed by atoms with E-state index in [4.69, 9.17) is 4.74 Å². The summed E-state index contributed by atoms with van der Waals surface area (Å²) in [4.78, 5) is 14.8. The molecule has 1 aromatic rings. The minimum absolute atomic E-state index is 0.0384. The van der Waals surface area contributed by atoms with Crippen LogP contribution in [0, 0.1) is 0 Å². The van der Waals surface area contributed by atoms with Crippen LogP contribution in [-0.2, 0) is 16.0 Å². The van der Waals surface area contributed by atoms with Crippen molar-refractivity contribution in [2.45, 2.75) is 32.8 Å². The first-order valence-electron chi connectivity index (χ1n) is 5.79. The van der Waals surface area contributed by atoms with Crippen LogP contribution in [0.3, 0.4) is 0 Å². The van der Waals surface area contributed by atoms with Gasteiger partial charge in [0, 0.05) is 18.5 Å². The number of hydrogen-bond donors (Lipinski definition) is 0. The average Bonchev–Trinajstić information content (AvgIpc) is 2.74. The van der Waals surface area contributed by atoms with Crippen molar-refractivity contribution in [1.29, 1.82) is 0 Å². The van der Waals surface area contributed by atoms with Crippen LogP contribution in [0.1, 0.15) is 25.6 Å². The van der Waals surface area contributed by atoms with Gasteiger partial charge in [0.2, 0.25) is 5.91 Å². The summed E-state index contributed by atoms with van der Waals surface area (Å²) in [6.07, 6.45) is 0.912. The van der Waals surface area contributed by atoms with Crippen molar-refractivity contribution in [1.82, 2.24) is 4.90 Å². The summed E-state index contributed by atoms with van der Waals surface area (Å²) in [5.74, 6) is 0.0384. The average molecular weight is 255 g/mol. The molecule has 0 atom stereocenters. The van der Waals surface area contributed by atoms with Crippen LogP contribution in [0.15, 0.2) is 17.5 Å². The number of carbonyl (C=O) groups is 1. The molecular weight excluding hydrogens is 234 g/mol. The summed E-state index contributed by atoms with van der Waals surface area (Å²) < 4.78 is 5.46. The molecule has 1 heterocycles. The molecule has 0 saturated carbocycles. The van der Waals surface area contributed by atoms with E-state index in [-0.39, 0.29) is 18.1 Å². The van der Waals surface area contributed by atoms with E-state index in [0.717, 1.165) is 13.0 Å². The molecule has 0 fully saturated rings. The predicted octanol–water partition coefficient (Wildman–Crippen LogP) is 2.56. The lowest BCUT2D eigenvalue weighted by atomic mass is 10.2. The van der Waals surface area contributed by atoms with Gasteiger partial charge >= 0.3 is 0 Å². The molecule has 3 nitrogen and oxygen atoms in total. The number of carbonyl (C=O) groups excluding carboxylic acids is 1. The fourth-order valence-electron chi connectivity index (χ4n) is 1.25. The van der Waals surface area contributed by atoms with Gasteiger partial charge in [0.1, 0.15) is 6.61 Å². The molecule has 0 unspecified atom stereocenters. The van der Waals surface area contributed by atoms with Crippen molar-refractivity contribution in [2.24, 2.45) is 0 Å². The highest BCUT2D eigenvalue weighted by Crippen LogP contribution is 2.10. The number of hydrogen-bond acceptors (Lipinski definition) is 3. The third-order valence-corrected chi connectivity index (χ3v) is 3.26. The molecule has 0 aliphatic heterocycles. The molecule has 0 bridgehead atoms. The second kappa shape index (κ2) is 6.17. The van der Waals surface area contributed by atoms with Crippen LogP contribution in [0.25, 0.3) is 0 Å². The summed E-state index contributed by atoms with van der Waals surface area (Å²) in [6.45, 7) is 6.75. The minimum atomic E-state index is -0.260. The molecule has 1 aromatic heterocycles. The molecule has 0 aromatic carbocycles. The first-order valence-corrected chi connectivity index (χ1v) is 6.67. The van der Waals surface area contributed by atoms with Crippen molar-refractivity contribution < 1.29 is 9.53 Å². The molecule has 0 aliphatic rings. The van der Waals surface area contributed by atoms with Gasteiger partial charge in [0.05, 0.1) is 5.60 Å². The van der Waals surface area contributed by atoms with Gasteiger partial charge in [-0.3, -0.25) is 4.79 Å². The minimum Gasteiger partial charge on any atom is -0.366 e. The van der Waals surface area contributed by atoms with Crippen LogP contribution < -0.4 is 0 Å². The van der Waals surface area contributed by atoms with Crippen LogP contribution >= 0.6 is 11.3 Å². The van der Waals surface area contributed by atoms with Crippen LogP contribution in [0.5, 0.6) is 0 Å². The number of amides is 1. The summed E-state index contributed by atoms with van der Waals surface area (Å²) >= 11 is 1.73. The summed E-state index contributed by atoms with van der Waals surface area (Å²) in [6, 6.07) is 4.12. The summed E-state index contributed by atoms with van der Waals surface area (Å²) in [5.41, 5.74) is -0.260. The Hall–Kier alpha value is -0.870. The smallest absolute Gasteiger partial charge is 0.248 e. The predicted molar refractivity (Wildman–Crippen MR) is 71.4 cm³/mol. The topological polar surface area (TPSA) is 29.5 Å². The monoisotopic (exact) mass is 255 g/mol.